The van der Waals surface area contributed by atoms with Gasteiger partial charge >= 0.3 is 5.97 Å². The van der Waals surface area contributed by atoms with E-state index in [2.05, 4.69) is 4.98 Å². The molecule has 0 saturated carbocycles. The number of methoxy groups -OCH3 is 3. The Hall–Kier alpha value is -3.00. The molecule has 7 nitrogen and oxygen atoms in total. The predicted octanol–water partition coefficient (Wildman–Crippen LogP) is 2.92. The van der Waals surface area contributed by atoms with Gasteiger partial charge in [0.25, 0.3) is 5.56 Å². The average Bonchev–Trinajstić information content (AvgIpc) is 2.76. The van der Waals surface area contributed by atoms with E-state index in [4.69, 9.17) is 14.2 Å². The molecular formula is C21H22N2O5S. The number of nitrogens with zero attached hydrogens (tertiary/aromatic N) is 2. The van der Waals surface area contributed by atoms with Crippen molar-refractivity contribution in [2.45, 2.75) is 18.1 Å². The Kier molecular flexibility index (Phi) is 6.77. The van der Waals surface area contributed by atoms with Crippen LogP contribution in [0.2, 0.25) is 0 Å². The van der Waals surface area contributed by atoms with Crippen molar-refractivity contribution in [2.24, 2.45) is 0 Å². The number of hydrogen-bond donors (Lipinski definition) is 0. The summed E-state index contributed by atoms with van der Waals surface area (Å²) in [5.74, 6) is 0.991. The Morgan fingerprint density at radius 2 is 1.83 bits per heavy atom. The third-order valence-electron chi connectivity index (χ3n) is 4.45. The number of thioether (sulfide) groups is 1. The molecule has 3 rings (SSSR count). The van der Waals surface area contributed by atoms with E-state index in [9.17, 15) is 9.59 Å². The highest BCUT2D eigenvalue weighted by molar-refractivity contribution is 7.99. The lowest BCUT2D eigenvalue weighted by Gasteiger charge is -2.14. The summed E-state index contributed by atoms with van der Waals surface area (Å²) in [7, 11) is 4.50. The van der Waals surface area contributed by atoms with Gasteiger partial charge in [-0.1, -0.05) is 30.0 Å². The quantitative estimate of drug-likeness (QED) is 0.318. The highest BCUT2D eigenvalue weighted by Gasteiger charge is 2.14. The summed E-state index contributed by atoms with van der Waals surface area (Å²) in [5, 5.41) is 1.03. The van der Waals surface area contributed by atoms with Gasteiger partial charge in [0.15, 0.2) is 16.7 Å². The maximum Gasteiger partial charge on any atom is 0.316 e. The molecule has 0 atom stereocenters. The Balaban J connectivity index is 1.93. The van der Waals surface area contributed by atoms with Crippen LogP contribution in [0.4, 0.5) is 0 Å². The van der Waals surface area contributed by atoms with E-state index in [1.54, 1.807) is 30.9 Å². The molecule has 0 fully saturated rings. The second-order valence-electron chi connectivity index (χ2n) is 6.17. The normalized spacial score (nSPS) is 10.7. The van der Waals surface area contributed by atoms with Gasteiger partial charge in [0.05, 0.1) is 38.0 Å². The summed E-state index contributed by atoms with van der Waals surface area (Å²) >= 11 is 1.19. The number of ether oxygens (including phenoxy) is 3. The second kappa shape index (κ2) is 9.47. The molecule has 1 aromatic heterocycles. The van der Waals surface area contributed by atoms with E-state index in [0.717, 1.165) is 5.56 Å². The molecule has 0 N–H and O–H groups in total. The molecule has 0 bridgehead atoms. The topological polar surface area (TPSA) is 79.7 Å². The number of fused-ring (bicyclic) bond motifs is 1. The summed E-state index contributed by atoms with van der Waals surface area (Å²) < 4.78 is 16.9. The molecule has 0 aliphatic carbocycles. The molecule has 2 aromatic carbocycles. The van der Waals surface area contributed by atoms with Gasteiger partial charge in [-0.05, 0) is 36.2 Å². The van der Waals surface area contributed by atoms with Gasteiger partial charge in [-0.3, -0.25) is 14.2 Å². The van der Waals surface area contributed by atoms with Crippen LogP contribution in [0, 0.1) is 0 Å². The summed E-state index contributed by atoms with van der Waals surface area (Å²) in [4.78, 5) is 29.2. The average molecular weight is 414 g/mol. The van der Waals surface area contributed by atoms with E-state index >= 15 is 0 Å². The molecule has 0 radical (unpaired) electrons. The van der Waals surface area contributed by atoms with Crippen LogP contribution in [-0.4, -0.2) is 42.6 Å². The Bertz CT molecular complexity index is 1080. The number of aryl methyl sites for hydroxylation is 1. The zero-order valence-corrected chi connectivity index (χ0v) is 17.3. The number of aromatic nitrogens is 2. The van der Waals surface area contributed by atoms with E-state index in [-0.39, 0.29) is 17.3 Å². The molecule has 8 heteroatoms. The van der Waals surface area contributed by atoms with Crippen molar-refractivity contribution < 1.29 is 19.0 Å². The molecule has 0 amide bonds. The van der Waals surface area contributed by atoms with Gasteiger partial charge in [-0.2, -0.15) is 0 Å². The van der Waals surface area contributed by atoms with Gasteiger partial charge in [-0.25, -0.2) is 4.98 Å². The third kappa shape index (κ3) is 4.71. The highest BCUT2D eigenvalue weighted by atomic mass is 32.2. The minimum absolute atomic E-state index is 0.0810. The lowest BCUT2D eigenvalue weighted by Crippen LogP contribution is -2.24. The first-order valence-electron chi connectivity index (χ1n) is 8.97. The van der Waals surface area contributed by atoms with Crippen LogP contribution in [0.1, 0.15) is 5.56 Å². The fraction of sp³-hybridized carbons (Fsp3) is 0.286. The Morgan fingerprint density at radius 1 is 1.07 bits per heavy atom. The SMILES string of the molecule is COC(=O)CSc1nc2ccccc2c(=O)n1CCc1ccc(OC)c(OC)c1. The first-order chi connectivity index (χ1) is 14.1. The van der Waals surface area contributed by atoms with Crippen molar-refractivity contribution in [2.75, 3.05) is 27.1 Å². The zero-order valence-electron chi connectivity index (χ0n) is 16.5. The third-order valence-corrected chi connectivity index (χ3v) is 5.40. The first kappa shape index (κ1) is 20.7. The van der Waals surface area contributed by atoms with Crippen LogP contribution in [-0.2, 0) is 22.5 Å². The molecule has 1 heterocycles. The summed E-state index contributed by atoms with van der Waals surface area (Å²) in [6.07, 6.45) is 0.589. The van der Waals surface area contributed by atoms with Crippen molar-refractivity contribution in [3.8, 4) is 11.5 Å². The molecule has 0 aliphatic heterocycles. The van der Waals surface area contributed by atoms with Crippen molar-refractivity contribution in [3.63, 3.8) is 0 Å². The fourth-order valence-corrected chi connectivity index (χ4v) is 3.77. The van der Waals surface area contributed by atoms with E-state index < -0.39 is 0 Å². The molecule has 0 spiro atoms. The number of para-hydroxylation sites is 1. The molecule has 0 unspecified atom stereocenters. The minimum Gasteiger partial charge on any atom is -0.493 e. The number of hydrogen-bond acceptors (Lipinski definition) is 7. The summed E-state index contributed by atoms with van der Waals surface area (Å²) in [6.45, 7) is 0.412. The predicted molar refractivity (Wildman–Crippen MR) is 112 cm³/mol. The van der Waals surface area contributed by atoms with Crippen LogP contribution in [0.3, 0.4) is 0 Å². The molecular weight excluding hydrogens is 392 g/mol. The molecule has 3 aromatic rings. The van der Waals surface area contributed by atoms with Gasteiger partial charge in [-0.15, -0.1) is 0 Å². The molecule has 152 valence electrons. The number of rotatable bonds is 8. The first-order valence-corrected chi connectivity index (χ1v) is 9.96. The van der Waals surface area contributed by atoms with Gasteiger partial charge in [0.1, 0.15) is 0 Å². The van der Waals surface area contributed by atoms with E-state index in [0.29, 0.717) is 40.5 Å². The Morgan fingerprint density at radius 3 is 2.55 bits per heavy atom. The summed E-state index contributed by atoms with van der Waals surface area (Å²) in [6, 6.07) is 12.8. The van der Waals surface area contributed by atoms with Crippen molar-refractivity contribution in [1.29, 1.82) is 0 Å². The van der Waals surface area contributed by atoms with Crippen molar-refractivity contribution in [3.05, 3.63) is 58.4 Å². The van der Waals surface area contributed by atoms with E-state index in [1.807, 2.05) is 30.3 Å². The van der Waals surface area contributed by atoms with Crippen LogP contribution in [0.25, 0.3) is 10.9 Å². The maximum absolute atomic E-state index is 13.1. The summed E-state index contributed by atoms with van der Waals surface area (Å²) in [5.41, 5.74) is 1.46. The largest absolute Gasteiger partial charge is 0.493 e. The lowest BCUT2D eigenvalue weighted by molar-refractivity contribution is -0.137. The van der Waals surface area contributed by atoms with Crippen LogP contribution >= 0.6 is 11.8 Å². The number of carbonyl (C=O) groups is 1. The van der Waals surface area contributed by atoms with Crippen LogP contribution < -0.4 is 15.0 Å². The number of carbonyl (C=O) groups excluding carboxylic acids is 1. The van der Waals surface area contributed by atoms with E-state index in [1.165, 1.54) is 18.9 Å². The maximum atomic E-state index is 13.1. The van der Waals surface area contributed by atoms with Crippen LogP contribution in [0.5, 0.6) is 11.5 Å². The van der Waals surface area contributed by atoms with Crippen LogP contribution in [0.15, 0.2) is 52.4 Å². The minimum atomic E-state index is -0.371. The molecule has 0 aliphatic rings. The second-order valence-corrected chi connectivity index (χ2v) is 7.11. The zero-order chi connectivity index (χ0) is 20.8. The Labute approximate surface area is 172 Å². The smallest absolute Gasteiger partial charge is 0.316 e. The fourth-order valence-electron chi connectivity index (χ4n) is 2.91. The van der Waals surface area contributed by atoms with Gasteiger partial charge in [0.2, 0.25) is 0 Å². The highest BCUT2D eigenvalue weighted by Crippen LogP contribution is 2.28. The number of esters is 1. The van der Waals surface area contributed by atoms with Crippen molar-refractivity contribution in [1.82, 2.24) is 9.55 Å². The van der Waals surface area contributed by atoms with Crippen molar-refractivity contribution >= 4 is 28.6 Å². The molecule has 29 heavy (non-hydrogen) atoms. The van der Waals surface area contributed by atoms with Gasteiger partial charge < -0.3 is 14.2 Å². The monoisotopic (exact) mass is 414 g/mol. The standard InChI is InChI=1S/C21H22N2O5S/c1-26-17-9-8-14(12-18(17)27-2)10-11-23-20(25)15-6-4-5-7-16(15)22-21(23)29-13-19(24)28-3/h4-9,12H,10-11,13H2,1-3H3. The molecule has 0 saturated heterocycles. The number of benzene rings is 2. The van der Waals surface area contributed by atoms with Gasteiger partial charge in [0, 0.05) is 6.54 Å². The lowest BCUT2D eigenvalue weighted by atomic mass is 10.1.